The van der Waals surface area contributed by atoms with Crippen molar-refractivity contribution >= 4 is 57.8 Å². The number of benzene rings is 3. The number of esters is 1. The molecule has 0 bridgehead atoms. The molecule has 1 aliphatic rings. The summed E-state index contributed by atoms with van der Waals surface area (Å²) in [5.41, 5.74) is 3.01. The minimum absolute atomic E-state index is 0.0269. The quantitative estimate of drug-likeness (QED) is 0.106. The summed E-state index contributed by atoms with van der Waals surface area (Å²) in [5.74, 6) is 0.407. The molecule has 0 radical (unpaired) electrons. The zero-order valence-electron chi connectivity index (χ0n) is 18.6. The van der Waals surface area contributed by atoms with Crippen molar-refractivity contribution in [3.05, 3.63) is 101 Å². The molecule has 0 atom stereocenters. The van der Waals surface area contributed by atoms with E-state index in [9.17, 15) is 14.9 Å². The predicted octanol–water partition coefficient (Wildman–Crippen LogP) is 6.09. The standard InChI is InChI=1S/C25H18ClIN2O6/c1-14-5-3-4-6-16(14)13-34-23-20(27)9-15(11-22(23)33-2)10-21-25(30)35-24(28-21)18-8-7-17(29(31)32)12-19(18)26/h3-12H,13H2,1-2H3/b21-10-. The molecular weight excluding hydrogens is 587 g/mol. The average Bonchev–Trinajstić information content (AvgIpc) is 3.18. The van der Waals surface area contributed by atoms with Crippen molar-refractivity contribution in [2.45, 2.75) is 13.5 Å². The van der Waals surface area contributed by atoms with E-state index < -0.39 is 10.9 Å². The zero-order chi connectivity index (χ0) is 25.1. The molecule has 0 N–H and O–H groups in total. The Kier molecular flexibility index (Phi) is 7.37. The lowest BCUT2D eigenvalue weighted by atomic mass is 10.1. The first kappa shape index (κ1) is 24.7. The molecule has 1 aliphatic heterocycles. The number of nitro groups is 1. The smallest absolute Gasteiger partial charge is 0.363 e. The fourth-order valence-corrected chi connectivity index (χ4v) is 4.40. The van der Waals surface area contributed by atoms with Gasteiger partial charge in [-0.1, -0.05) is 35.9 Å². The molecule has 0 aliphatic carbocycles. The van der Waals surface area contributed by atoms with Crippen LogP contribution in [0.1, 0.15) is 22.3 Å². The summed E-state index contributed by atoms with van der Waals surface area (Å²) in [4.78, 5) is 27.0. The highest BCUT2D eigenvalue weighted by Crippen LogP contribution is 2.36. The van der Waals surface area contributed by atoms with Crippen LogP contribution < -0.4 is 9.47 Å². The van der Waals surface area contributed by atoms with Gasteiger partial charge >= 0.3 is 5.97 Å². The Labute approximate surface area is 219 Å². The summed E-state index contributed by atoms with van der Waals surface area (Å²) in [6.45, 7) is 2.41. The van der Waals surface area contributed by atoms with Gasteiger partial charge in [0.1, 0.15) is 6.61 Å². The third-order valence-electron chi connectivity index (χ3n) is 5.20. The summed E-state index contributed by atoms with van der Waals surface area (Å²) in [6.07, 6.45) is 1.56. The maximum Gasteiger partial charge on any atom is 0.363 e. The number of rotatable bonds is 7. The number of cyclic esters (lactones) is 1. The number of carbonyl (C=O) groups excluding carboxylic acids is 1. The number of halogens is 2. The van der Waals surface area contributed by atoms with Crippen LogP contribution in [0.25, 0.3) is 6.08 Å². The fraction of sp³-hybridized carbons (Fsp3) is 0.120. The fourth-order valence-electron chi connectivity index (χ4n) is 3.36. The molecule has 3 aromatic rings. The highest BCUT2D eigenvalue weighted by Gasteiger charge is 2.27. The van der Waals surface area contributed by atoms with Crippen molar-refractivity contribution in [3.63, 3.8) is 0 Å². The van der Waals surface area contributed by atoms with E-state index in [1.165, 1.54) is 18.2 Å². The Balaban J connectivity index is 1.61. The van der Waals surface area contributed by atoms with Gasteiger partial charge in [0, 0.05) is 12.1 Å². The Hall–Kier alpha value is -3.44. The van der Waals surface area contributed by atoms with Gasteiger partial charge in [-0.2, -0.15) is 0 Å². The van der Waals surface area contributed by atoms with Crippen molar-refractivity contribution in [1.29, 1.82) is 0 Å². The van der Waals surface area contributed by atoms with Crippen LogP contribution in [0.15, 0.2) is 65.3 Å². The lowest BCUT2D eigenvalue weighted by molar-refractivity contribution is -0.384. The van der Waals surface area contributed by atoms with Crippen LogP contribution in [-0.2, 0) is 16.1 Å². The molecule has 0 spiro atoms. The SMILES string of the molecule is COc1cc(/C=C2\N=C(c3ccc([N+](=O)[O-])cc3Cl)OC2=O)cc(I)c1OCc1ccccc1C. The molecule has 8 nitrogen and oxygen atoms in total. The zero-order valence-corrected chi connectivity index (χ0v) is 21.5. The number of hydrogen-bond donors (Lipinski definition) is 0. The van der Waals surface area contributed by atoms with Crippen LogP contribution in [0, 0.1) is 20.6 Å². The van der Waals surface area contributed by atoms with Crippen LogP contribution >= 0.6 is 34.2 Å². The van der Waals surface area contributed by atoms with Crippen molar-refractivity contribution in [3.8, 4) is 11.5 Å². The number of carbonyl (C=O) groups is 1. The molecule has 0 unspecified atom stereocenters. The first-order chi connectivity index (χ1) is 16.8. The first-order valence-corrected chi connectivity index (χ1v) is 11.7. The van der Waals surface area contributed by atoms with E-state index in [4.69, 9.17) is 25.8 Å². The number of nitro benzene ring substituents is 1. The maximum absolute atomic E-state index is 12.4. The van der Waals surface area contributed by atoms with Gasteiger partial charge in [-0.05, 0) is 70.5 Å². The second kappa shape index (κ2) is 10.4. The normalized spacial score (nSPS) is 14.0. The molecule has 0 fully saturated rings. The largest absolute Gasteiger partial charge is 0.493 e. The first-order valence-electron chi connectivity index (χ1n) is 10.3. The number of ether oxygens (including phenoxy) is 3. The van der Waals surface area contributed by atoms with Crippen LogP contribution in [0.4, 0.5) is 5.69 Å². The van der Waals surface area contributed by atoms with E-state index in [0.29, 0.717) is 23.7 Å². The molecule has 10 heteroatoms. The molecule has 0 saturated carbocycles. The monoisotopic (exact) mass is 604 g/mol. The lowest BCUT2D eigenvalue weighted by Gasteiger charge is -2.14. The van der Waals surface area contributed by atoms with Gasteiger partial charge in [0.25, 0.3) is 5.69 Å². The average molecular weight is 605 g/mol. The number of hydrogen-bond acceptors (Lipinski definition) is 7. The third-order valence-corrected chi connectivity index (χ3v) is 6.32. The van der Waals surface area contributed by atoms with E-state index in [2.05, 4.69) is 27.6 Å². The van der Waals surface area contributed by atoms with Crippen molar-refractivity contribution in [2.24, 2.45) is 4.99 Å². The molecule has 35 heavy (non-hydrogen) atoms. The Bertz CT molecular complexity index is 1400. The van der Waals surface area contributed by atoms with Crippen LogP contribution in [-0.4, -0.2) is 23.9 Å². The summed E-state index contributed by atoms with van der Waals surface area (Å²) in [7, 11) is 1.54. The minimum Gasteiger partial charge on any atom is -0.493 e. The van der Waals surface area contributed by atoms with Gasteiger partial charge in [0.05, 0.1) is 26.2 Å². The topological polar surface area (TPSA) is 100 Å². The van der Waals surface area contributed by atoms with Crippen molar-refractivity contribution < 1.29 is 23.9 Å². The van der Waals surface area contributed by atoms with Gasteiger partial charge in [-0.25, -0.2) is 9.79 Å². The molecule has 178 valence electrons. The van der Waals surface area contributed by atoms with Crippen molar-refractivity contribution in [1.82, 2.24) is 0 Å². The number of aliphatic imine (C=N–C) groups is 1. The lowest BCUT2D eigenvalue weighted by Crippen LogP contribution is -2.06. The van der Waals surface area contributed by atoms with Gasteiger partial charge in [0.2, 0.25) is 5.90 Å². The highest BCUT2D eigenvalue weighted by molar-refractivity contribution is 14.1. The number of non-ortho nitro benzene ring substituents is 1. The van der Waals surface area contributed by atoms with Crippen molar-refractivity contribution in [2.75, 3.05) is 7.11 Å². The van der Waals surface area contributed by atoms with Gasteiger partial charge < -0.3 is 14.2 Å². The molecule has 0 saturated heterocycles. The van der Waals surface area contributed by atoms with Crippen LogP contribution in [0.5, 0.6) is 11.5 Å². The molecule has 3 aromatic carbocycles. The van der Waals surface area contributed by atoms with Gasteiger partial charge in [-0.3, -0.25) is 10.1 Å². The van der Waals surface area contributed by atoms with E-state index >= 15 is 0 Å². The Morgan fingerprint density at radius 1 is 1.20 bits per heavy atom. The van der Waals surface area contributed by atoms with E-state index in [1.807, 2.05) is 37.3 Å². The summed E-state index contributed by atoms with van der Waals surface area (Å²) in [5, 5.41) is 11.0. The summed E-state index contributed by atoms with van der Waals surface area (Å²) < 4.78 is 17.6. The Morgan fingerprint density at radius 2 is 1.97 bits per heavy atom. The number of aryl methyl sites for hydroxylation is 1. The maximum atomic E-state index is 12.4. The van der Waals surface area contributed by atoms with Crippen LogP contribution in [0.2, 0.25) is 5.02 Å². The number of methoxy groups -OCH3 is 1. The molecule has 0 amide bonds. The summed E-state index contributed by atoms with van der Waals surface area (Å²) in [6, 6.07) is 15.4. The molecule has 4 rings (SSSR count). The van der Waals surface area contributed by atoms with E-state index in [0.717, 1.165) is 14.7 Å². The Morgan fingerprint density at radius 3 is 2.66 bits per heavy atom. The minimum atomic E-state index is -0.664. The van der Waals surface area contributed by atoms with E-state index in [1.54, 1.807) is 19.3 Å². The van der Waals surface area contributed by atoms with Crippen LogP contribution in [0.3, 0.4) is 0 Å². The predicted molar refractivity (Wildman–Crippen MR) is 140 cm³/mol. The van der Waals surface area contributed by atoms with E-state index in [-0.39, 0.29) is 27.9 Å². The highest BCUT2D eigenvalue weighted by atomic mass is 127. The molecule has 1 heterocycles. The van der Waals surface area contributed by atoms with Gasteiger partial charge in [0.15, 0.2) is 17.2 Å². The van der Waals surface area contributed by atoms with Gasteiger partial charge in [-0.15, -0.1) is 0 Å². The second-order valence-corrected chi connectivity index (χ2v) is 9.08. The third kappa shape index (κ3) is 5.46. The summed E-state index contributed by atoms with van der Waals surface area (Å²) >= 11 is 8.29. The second-order valence-electron chi connectivity index (χ2n) is 7.51. The molecular formula is C25H18ClIN2O6. The number of nitrogens with zero attached hydrogens (tertiary/aromatic N) is 2. The molecule has 0 aromatic heterocycles.